The maximum atomic E-state index is 9.90. The van der Waals surface area contributed by atoms with E-state index in [2.05, 4.69) is 20.8 Å². The fraction of sp³-hybridized carbons (Fsp3) is 0.333. The summed E-state index contributed by atoms with van der Waals surface area (Å²) in [5.41, 5.74) is 7.86. The lowest BCUT2D eigenvalue weighted by Gasteiger charge is -2.14. The Morgan fingerprint density at radius 3 is 2.95 bits per heavy atom. The van der Waals surface area contributed by atoms with Crippen LogP contribution in [0.1, 0.15) is 12.8 Å². The number of benzene rings is 1. The number of aromatic hydroxyl groups is 1. The third-order valence-electron chi connectivity index (χ3n) is 3.70. The summed E-state index contributed by atoms with van der Waals surface area (Å²) in [5, 5.41) is 24.7. The van der Waals surface area contributed by atoms with Gasteiger partial charge in [-0.25, -0.2) is 0 Å². The van der Waals surface area contributed by atoms with Crippen molar-refractivity contribution in [1.82, 2.24) is 15.5 Å². The van der Waals surface area contributed by atoms with Gasteiger partial charge in [-0.15, -0.1) is 10.2 Å². The molecule has 110 valence electrons. The van der Waals surface area contributed by atoms with Gasteiger partial charge in [-0.1, -0.05) is 12.1 Å². The first-order valence-electron chi connectivity index (χ1n) is 7.13. The molecule has 0 aliphatic carbocycles. The second kappa shape index (κ2) is 5.97. The Hall–Kier alpha value is -2.34. The largest absolute Gasteiger partial charge is 0.507 e. The van der Waals surface area contributed by atoms with Gasteiger partial charge in [-0.05, 0) is 37.6 Å². The number of para-hydroxylation sites is 1. The highest BCUT2D eigenvalue weighted by Gasteiger charge is 2.15. The third kappa shape index (κ3) is 3.05. The lowest BCUT2D eigenvalue weighted by molar-refractivity contribution is 0.477. The summed E-state index contributed by atoms with van der Waals surface area (Å²) >= 11 is 0. The average molecular weight is 285 g/mol. The first-order chi connectivity index (χ1) is 10.2. The normalized spacial score (nSPS) is 17.8. The molecule has 0 amide bonds. The minimum absolute atomic E-state index is 0.181. The van der Waals surface area contributed by atoms with Crippen LogP contribution in [0.3, 0.4) is 0 Å². The van der Waals surface area contributed by atoms with Crippen molar-refractivity contribution in [1.29, 1.82) is 0 Å². The van der Waals surface area contributed by atoms with E-state index in [1.165, 1.54) is 6.42 Å². The van der Waals surface area contributed by atoms with Crippen LogP contribution in [0, 0.1) is 0 Å². The zero-order valence-corrected chi connectivity index (χ0v) is 11.7. The lowest BCUT2D eigenvalue weighted by atomic mass is 10.1. The molecule has 2 heterocycles. The van der Waals surface area contributed by atoms with Crippen LogP contribution in [-0.2, 0) is 0 Å². The summed E-state index contributed by atoms with van der Waals surface area (Å²) in [4.78, 5) is 0. The van der Waals surface area contributed by atoms with Crippen LogP contribution < -0.4 is 16.4 Å². The molecule has 1 saturated heterocycles. The number of nitrogens with zero attached hydrogens (tertiary/aromatic N) is 2. The average Bonchev–Trinajstić information content (AvgIpc) is 3.00. The van der Waals surface area contributed by atoms with E-state index in [0.717, 1.165) is 25.2 Å². The predicted octanol–water partition coefficient (Wildman–Crippen LogP) is 1.60. The zero-order valence-electron chi connectivity index (χ0n) is 11.7. The highest BCUT2D eigenvalue weighted by Crippen LogP contribution is 2.29. The first-order valence-corrected chi connectivity index (χ1v) is 7.13. The Labute approximate surface area is 123 Å². The summed E-state index contributed by atoms with van der Waals surface area (Å²) in [6.45, 7) is 1.87. The number of phenolic OH excluding ortho intramolecular Hbond substituents is 1. The summed E-state index contributed by atoms with van der Waals surface area (Å²) in [6, 6.07) is 9.34. The molecule has 1 aromatic heterocycles. The van der Waals surface area contributed by atoms with Crippen molar-refractivity contribution in [2.75, 3.05) is 24.1 Å². The standard InChI is InChI=1S/C15H19N5O/c16-15-13(18-9-10-4-3-7-17-10)8-12(19-20-15)11-5-1-2-6-14(11)21/h1-2,5-6,8,10,17,21H,3-4,7,9H2,(H2,16,20)(H,18,19). The number of nitrogens with one attached hydrogen (secondary N) is 2. The highest BCUT2D eigenvalue weighted by atomic mass is 16.3. The van der Waals surface area contributed by atoms with Crippen molar-refractivity contribution in [2.45, 2.75) is 18.9 Å². The smallest absolute Gasteiger partial charge is 0.169 e. The van der Waals surface area contributed by atoms with Crippen molar-refractivity contribution in [3.05, 3.63) is 30.3 Å². The molecule has 5 N–H and O–H groups in total. The van der Waals surface area contributed by atoms with Crippen LogP contribution in [0.2, 0.25) is 0 Å². The van der Waals surface area contributed by atoms with Crippen LogP contribution in [-0.4, -0.2) is 34.4 Å². The van der Waals surface area contributed by atoms with E-state index in [1.807, 2.05) is 12.1 Å². The molecule has 2 aromatic rings. The van der Waals surface area contributed by atoms with Crippen molar-refractivity contribution < 1.29 is 5.11 Å². The fourth-order valence-corrected chi connectivity index (χ4v) is 2.53. The fourth-order valence-electron chi connectivity index (χ4n) is 2.53. The van der Waals surface area contributed by atoms with Crippen LogP contribution in [0.4, 0.5) is 11.5 Å². The minimum Gasteiger partial charge on any atom is -0.507 e. The van der Waals surface area contributed by atoms with Gasteiger partial charge in [-0.2, -0.15) is 0 Å². The van der Waals surface area contributed by atoms with E-state index in [-0.39, 0.29) is 5.75 Å². The Balaban J connectivity index is 1.80. The van der Waals surface area contributed by atoms with Gasteiger partial charge >= 0.3 is 0 Å². The quantitative estimate of drug-likeness (QED) is 0.681. The number of hydrogen-bond donors (Lipinski definition) is 4. The molecule has 21 heavy (non-hydrogen) atoms. The van der Waals surface area contributed by atoms with Gasteiger partial charge in [0.25, 0.3) is 0 Å². The molecule has 0 radical (unpaired) electrons. The lowest BCUT2D eigenvalue weighted by Crippen LogP contribution is -2.29. The second-order valence-electron chi connectivity index (χ2n) is 5.22. The molecule has 6 heteroatoms. The zero-order chi connectivity index (χ0) is 14.7. The minimum atomic E-state index is 0.181. The number of phenols is 1. The third-order valence-corrected chi connectivity index (χ3v) is 3.70. The molecule has 1 aliphatic heterocycles. The SMILES string of the molecule is Nc1nnc(-c2ccccc2O)cc1NCC1CCCN1. The van der Waals surface area contributed by atoms with Crippen LogP contribution >= 0.6 is 0 Å². The van der Waals surface area contributed by atoms with Crippen molar-refractivity contribution in [3.63, 3.8) is 0 Å². The van der Waals surface area contributed by atoms with Crippen molar-refractivity contribution in [3.8, 4) is 17.0 Å². The first kappa shape index (κ1) is 13.6. The molecule has 1 atom stereocenters. The summed E-state index contributed by atoms with van der Waals surface area (Å²) in [5.74, 6) is 0.548. The maximum absolute atomic E-state index is 9.90. The molecule has 0 saturated carbocycles. The van der Waals surface area contributed by atoms with Gasteiger partial charge < -0.3 is 21.5 Å². The van der Waals surface area contributed by atoms with E-state index < -0.39 is 0 Å². The molecular formula is C15H19N5O. The van der Waals surface area contributed by atoms with E-state index in [9.17, 15) is 5.11 Å². The Bertz CT molecular complexity index is 625. The monoisotopic (exact) mass is 285 g/mol. The van der Waals surface area contributed by atoms with Gasteiger partial charge in [0.2, 0.25) is 0 Å². The van der Waals surface area contributed by atoms with Crippen molar-refractivity contribution >= 4 is 11.5 Å². The van der Waals surface area contributed by atoms with Gasteiger partial charge in [0.1, 0.15) is 5.75 Å². The van der Waals surface area contributed by atoms with Gasteiger partial charge in [0.05, 0.1) is 11.4 Å². The van der Waals surface area contributed by atoms with Gasteiger partial charge in [0, 0.05) is 18.2 Å². The van der Waals surface area contributed by atoms with E-state index >= 15 is 0 Å². The Morgan fingerprint density at radius 2 is 2.19 bits per heavy atom. The van der Waals surface area contributed by atoms with E-state index in [1.54, 1.807) is 18.2 Å². The predicted molar refractivity (Wildman–Crippen MR) is 83.1 cm³/mol. The van der Waals surface area contributed by atoms with E-state index in [0.29, 0.717) is 23.1 Å². The van der Waals surface area contributed by atoms with Gasteiger partial charge in [-0.3, -0.25) is 0 Å². The molecule has 0 bridgehead atoms. The molecule has 1 fully saturated rings. The maximum Gasteiger partial charge on any atom is 0.169 e. The molecule has 6 nitrogen and oxygen atoms in total. The number of nitrogens with two attached hydrogens (primary N) is 1. The van der Waals surface area contributed by atoms with Crippen molar-refractivity contribution in [2.24, 2.45) is 0 Å². The number of anilines is 2. The number of nitrogen functional groups attached to an aromatic ring is 1. The number of rotatable bonds is 4. The second-order valence-corrected chi connectivity index (χ2v) is 5.22. The molecule has 1 unspecified atom stereocenters. The molecule has 1 aromatic carbocycles. The summed E-state index contributed by atoms with van der Waals surface area (Å²) in [7, 11) is 0. The molecule has 1 aliphatic rings. The van der Waals surface area contributed by atoms with Crippen LogP contribution in [0.15, 0.2) is 30.3 Å². The molecular weight excluding hydrogens is 266 g/mol. The number of aromatic nitrogens is 2. The summed E-state index contributed by atoms with van der Waals surface area (Å²) in [6.07, 6.45) is 2.37. The highest BCUT2D eigenvalue weighted by molar-refractivity contribution is 5.73. The topological polar surface area (TPSA) is 96.1 Å². The van der Waals surface area contributed by atoms with E-state index in [4.69, 9.17) is 5.73 Å². The molecule has 3 rings (SSSR count). The van der Waals surface area contributed by atoms with Crippen LogP contribution in [0.5, 0.6) is 5.75 Å². The number of hydrogen-bond acceptors (Lipinski definition) is 6. The Kier molecular flexibility index (Phi) is 3.87. The van der Waals surface area contributed by atoms with Crippen LogP contribution in [0.25, 0.3) is 11.3 Å². The summed E-state index contributed by atoms with van der Waals surface area (Å²) < 4.78 is 0. The Morgan fingerprint density at radius 1 is 1.33 bits per heavy atom. The molecule has 0 spiro atoms. The van der Waals surface area contributed by atoms with Gasteiger partial charge in [0.15, 0.2) is 5.82 Å².